The van der Waals surface area contributed by atoms with E-state index in [2.05, 4.69) is 20.8 Å². The number of para-hydroxylation sites is 1. The van der Waals surface area contributed by atoms with Crippen molar-refractivity contribution in [2.75, 3.05) is 18.2 Å². The third-order valence-electron chi connectivity index (χ3n) is 4.36. The summed E-state index contributed by atoms with van der Waals surface area (Å²) in [6.45, 7) is 0. The van der Waals surface area contributed by atoms with Crippen LogP contribution in [0, 0.1) is 5.82 Å². The van der Waals surface area contributed by atoms with Crippen LogP contribution in [0.2, 0.25) is 0 Å². The van der Waals surface area contributed by atoms with Gasteiger partial charge in [0.15, 0.2) is 0 Å². The molecular formula is C21H16FN5O3S2. The van der Waals surface area contributed by atoms with Gasteiger partial charge in [0.05, 0.1) is 18.6 Å². The number of tetrazole rings is 1. The van der Waals surface area contributed by atoms with Gasteiger partial charge in [0.25, 0.3) is 0 Å². The molecule has 0 unspecified atom stereocenters. The number of nitrogens with zero attached hydrogens (tertiary/aromatic N) is 4. The first-order valence-corrected chi connectivity index (χ1v) is 11.2. The van der Waals surface area contributed by atoms with Crippen molar-refractivity contribution < 1.29 is 18.7 Å². The van der Waals surface area contributed by atoms with Gasteiger partial charge in [0.1, 0.15) is 16.4 Å². The molecule has 1 amide bonds. The summed E-state index contributed by atoms with van der Waals surface area (Å²) in [5.74, 6) is -1.29. The number of esters is 1. The topological polar surface area (TPSA) is 99.0 Å². The molecule has 0 spiro atoms. The van der Waals surface area contributed by atoms with E-state index in [-0.39, 0.29) is 23.0 Å². The monoisotopic (exact) mass is 469 g/mol. The van der Waals surface area contributed by atoms with E-state index in [0.29, 0.717) is 21.3 Å². The summed E-state index contributed by atoms with van der Waals surface area (Å²) < 4.78 is 19.7. The highest BCUT2D eigenvalue weighted by Gasteiger charge is 2.22. The lowest BCUT2D eigenvalue weighted by Gasteiger charge is -2.08. The molecule has 0 fully saturated rings. The van der Waals surface area contributed by atoms with E-state index in [4.69, 9.17) is 4.74 Å². The molecule has 11 heteroatoms. The standard InChI is InChI=1S/C21H16FN5O3S2/c1-30-20(29)18-16(13-7-9-14(22)10-8-13)11-31-19(18)23-17(28)12-32-21-24-25-26-27(21)15-5-3-2-4-6-15/h2-11H,12H2,1H3,(H,23,28). The molecule has 0 aliphatic carbocycles. The van der Waals surface area contributed by atoms with Gasteiger partial charge in [-0.2, -0.15) is 4.68 Å². The van der Waals surface area contributed by atoms with Crippen molar-refractivity contribution in [1.29, 1.82) is 0 Å². The van der Waals surface area contributed by atoms with Gasteiger partial charge in [-0.1, -0.05) is 42.1 Å². The maximum atomic E-state index is 13.3. The number of carbonyl (C=O) groups is 2. The molecule has 0 saturated carbocycles. The van der Waals surface area contributed by atoms with Crippen molar-refractivity contribution in [2.24, 2.45) is 0 Å². The molecule has 8 nitrogen and oxygen atoms in total. The summed E-state index contributed by atoms with van der Waals surface area (Å²) in [7, 11) is 1.26. The summed E-state index contributed by atoms with van der Waals surface area (Å²) >= 11 is 2.35. The third kappa shape index (κ3) is 4.68. The predicted octanol–water partition coefficient (Wildman–Crippen LogP) is 4.05. The average Bonchev–Trinajstić information content (AvgIpc) is 3.45. The van der Waals surface area contributed by atoms with E-state index in [0.717, 1.165) is 17.4 Å². The minimum atomic E-state index is -0.596. The van der Waals surface area contributed by atoms with Crippen molar-refractivity contribution in [3.05, 3.63) is 71.4 Å². The number of nitrogens with one attached hydrogen (secondary N) is 1. The van der Waals surface area contributed by atoms with E-state index in [1.54, 1.807) is 17.5 Å². The number of ether oxygens (including phenoxy) is 1. The van der Waals surface area contributed by atoms with Gasteiger partial charge in [-0.15, -0.1) is 16.4 Å². The van der Waals surface area contributed by atoms with Crippen molar-refractivity contribution in [1.82, 2.24) is 20.2 Å². The van der Waals surface area contributed by atoms with Gasteiger partial charge >= 0.3 is 5.97 Å². The molecular weight excluding hydrogens is 453 g/mol. The number of hydrogen-bond acceptors (Lipinski definition) is 8. The summed E-state index contributed by atoms with van der Waals surface area (Å²) in [6, 6.07) is 15.1. The SMILES string of the molecule is COC(=O)c1c(-c2ccc(F)cc2)csc1NC(=O)CSc1nnnn1-c1ccccc1. The number of benzene rings is 2. The number of thioether (sulfide) groups is 1. The highest BCUT2D eigenvalue weighted by Crippen LogP contribution is 2.36. The first-order valence-electron chi connectivity index (χ1n) is 9.29. The Morgan fingerprint density at radius 3 is 2.62 bits per heavy atom. The van der Waals surface area contributed by atoms with Gasteiger partial charge in [0.2, 0.25) is 11.1 Å². The molecule has 0 radical (unpaired) electrons. The summed E-state index contributed by atoms with van der Waals surface area (Å²) in [6.07, 6.45) is 0. The number of anilines is 1. The largest absolute Gasteiger partial charge is 0.465 e. The van der Waals surface area contributed by atoms with E-state index < -0.39 is 5.97 Å². The normalized spacial score (nSPS) is 10.7. The van der Waals surface area contributed by atoms with Crippen LogP contribution >= 0.6 is 23.1 Å². The van der Waals surface area contributed by atoms with Gasteiger partial charge in [-0.05, 0) is 40.3 Å². The van der Waals surface area contributed by atoms with Crippen LogP contribution in [-0.4, -0.2) is 44.9 Å². The van der Waals surface area contributed by atoms with Gasteiger partial charge in [-0.25, -0.2) is 9.18 Å². The zero-order chi connectivity index (χ0) is 22.5. The molecule has 0 saturated heterocycles. The van der Waals surface area contributed by atoms with E-state index in [9.17, 15) is 14.0 Å². The fourth-order valence-corrected chi connectivity index (χ4v) is 4.55. The van der Waals surface area contributed by atoms with Crippen LogP contribution in [0.4, 0.5) is 9.39 Å². The van der Waals surface area contributed by atoms with Crippen LogP contribution in [-0.2, 0) is 9.53 Å². The lowest BCUT2D eigenvalue weighted by atomic mass is 10.0. The Bertz CT molecular complexity index is 1240. The highest BCUT2D eigenvalue weighted by atomic mass is 32.2. The summed E-state index contributed by atoms with van der Waals surface area (Å²) in [5.41, 5.74) is 2.19. The van der Waals surface area contributed by atoms with Crippen molar-refractivity contribution in [3.8, 4) is 16.8 Å². The maximum Gasteiger partial charge on any atom is 0.341 e. The van der Waals surface area contributed by atoms with Crippen LogP contribution < -0.4 is 5.32 Å². The molecule has 0 atom stereocenters. The second-order valence-corrected chi connectivity index (χ2v) is 8.22. The molecule has 0 aliphatic heterocycles. The minimum Gasteiger partial charge on any atom is -0.465 e. The van der Waals surface area contributed by atoms with Gasteiger partial charge in [-0.3, -0.25) is 4.79 Å². The highest BCUT2D eigenvalue weighted by molar-refractivity contribution is 7.99. The Hall–Kier alpha value is -3.57. The molecule has 1 N–H and O–H groups in total. The predicted molar refractivity (Wildman–Crippen MR) is 120 cm³/mol. The Kier molecular flexibility index (Phi) is 6.57. The van der Waals surface area contributed by atoms with Gasteiger partial charge < -0.3 is 10.1 Å². The fraction of sp³-hybridized carbons (Fsp3) is 0.0952. The molecule has 162 valence electrons. The second-order valence-electron chi connectivity index (χ2n) is 6.40. The van der Waals surface area contributed by atoms with Gasteiger partial charge in [0, 0.05) is 10.9 Å². The van der Waals surface area contributed by atoms with Crippen molar-refractivity contribution in [3.63, 3.8) is 0 Å². The fourth-order valence-electron chi connectivity index (χ4n) is 2.89. The Balaban J connectivity index is 1.50. The third-order valence-corrected chi connectivity index (χ3v) is 6.18. The molecule has 0 bridgehead atoms. The Morgan fingerprint density at radius 2 is 1.91 bits per heavy atom. The van der Waals surface area contributed by atoms with E-state index >= 15 is 0 Å². The first kappa shape index (κ1) is 21.7. The second kappa shape index (κ2) is 9.71. The molecule has 32 heavy (non-hydrogen) atoms. The number of thiophene rings is 1. The molecule has 0 aliphatic rings. The number of carbonyl (C=O) groups excluding carboxylic acids is 2. The molecule has 2 heterocycles. The van der Waals surface area contributed by atoms with Crippen LogP contribution in [0.1, 0.15) is 10.4 Å². The number of amides is 1. The maximum absolute atomic E-state index is 13.3. The quantitative estimate of drug-likeness (QED) is 0.322. The molecule has 2 aromatic carbocycles. The number of halogens is 1. The minimum absolute atomic E-state index is 0.0254. The number of aromatic nitrogens is 4. The number of rotatable bonds is 7. The van der Waals surface area contributed by atoms with Crippen molar-refractivity contribution >= 4 is 40.0 Å². The van der Waals surface area contributed by atoms with Crippen LogP contribution in [0.15, 0.2) is 65.1 Å². The Labute approximate surface area is 190 Å². The molecule has 2 aromatic heterocycles. The van der Waals surface area contributed by atoms with Crippen molar-refractivity contribution in [2.45, 2.75) is 5.16 Å². The lowest BCUT2D eigenvalue weighted by molar-refractivity contribution is -0.113. The zero-order valence-corrected chi connectivity index (χ0v) is 18.3. The first-order chi connectivity index (χ1) is 15.6. The Morgan fingerprint density at radius 1 is 1.16 bits per heavy atom. The smallest absolute Gasteiger partial charge is 0.341 e. The molecule has 4 aromatic rings. The van der Waals surface area contributed by atoms with E-state index in [1.165, 1.54) is 35.3 Å². The zero-order valence-electron chi connectivity index (χ0n) is 16.7. The summed E-state index contributed by atoms with van der Waals surface area (Å²) in [4.78, 5) is 25.0. The van der Waals surface area contributed by atoms with Crippen LogP contribution in [0.3, 0.4) is 0 Å². The number of hydrogen-bond donors (Lipinski definition) is 1. The summed E-state index contributed by atoms with van der Waals surface area (Å²) in [5, 5.41) is 16.9. The average molecular weight is 470 g/mol. The molecule has 4 rings (SSSR count). The van der Waals surface area contributed by atoms with Crippen LogP contribution in [0.5, 0.6) is 0 Å². The van der Waals surface area contributed by atoms with E-state index in [1.807, 2.05) is 30.3 Å². The number of methoxy groups -OCH3 is 1. The van der Waals surface area contributed by atoms with Crippen LogP contribution in [0.25, 0.3) is 16.8 Å². The lowest BCUT2D eigenvalue weighted by Crippen LogP contribution is -2.16.